The molecule has 0 aliphatic carbocycles. The van der Waals surface area contributed by atoms with Crippen molar-refractivity contribution in [1.82, 2.24) is 5.32 Å². The minimum absolute atomic E-state index is 0.145. The molecule has 1 saturated heterocycles. The molecule has 5 heteroatoms. The Morgan fingerprint density at radius 1 is 1.41 bits per heavy atom. The first-order chi connectivity index (χ1) is 7.92. The molecule has 1 N–H and O–H groups in total. The fourth-order valence-corrected chi connectivity index (χ4v) is 1.93. The fourth-order valence-electron chi connectivity index (χ4n) is 1.93. The molecule has 0 bridgehead atoms. The second-order valence-electron chi connectivity index (χ2n) is 4.79. The average molecular weight is 241 g/mol. The molecule has 1 aromatic carbocycles. The molecular weight excluding hydrogens is 228 g/mol. The van der Waals surface area contributed by atoms with E-state index in [2.05, 4.69) is 5.32 Å². The van der Waals surface area contributed by atoms with E-state index in [4.69, 9.17) is 4.74 Å². The number of cyclic esters (lactones) is 1. The molecule has 0 spiro atoms. The maximum atomic E-state index is 13.7. The average Bonchev–Trinajstić information content (AvgIpc) is 2.26. The Labute approximate surface area is 97.8 Å². The monoisotopic (exact) mass is 241 g/mol. The molecule has 0 radical (unpaired) electrons. The van der Waals surface area contributed by atoms with E-state index in [1.165, 1.54) is 12.1 Å². The number of carbonyl (C=O) groups excluding carboxylic acids is 1. The number of amides is 1. The highest BCUT2D eigenvalue weighted by Gasteiger charge is 2.39. The lowest BCUT2D eigenvalue weighted by molar-refractivity contribution is 0.0376. The molecule has 2 rings (SSSR count). The van der Waals surface area contributed by atoms with Crippen LogP contribution in [-0.4, -0.2) is 12.7 Å². The first kappa shape index (κ1) is 11.8. The molecule has 0 saturated carbocycles. The lowest BCUT2D eigenvalue weighted by Gasteiger charge is -2.38. The summed E-state index contributed by atoms with van der Waals surface area (Å²) in [5, 5.41) is 2.52. The number of carbonyl (C=O) groups is 1. The Bertz CT molecular complexity index is 460. The van der Waals surface area contributed by atoms with Gasteiger partial charge in [0.25, 0.3) is 0 Å². The first-order valence-electron chi connectivity index (χ1n) is 5.29. The minimum atomic E-state index is -0.923. The van der Waals surface area contributed by atoms with Gasteiger partial charge in [-0.15, -0.1) is 0 Å². The SMILES string of the molecule is CC1(C)COC(=O)N[C@H]1c1cccc(F)c1F. The van der Waals surface area contributed by atoms with Gasteiger partial charge in [-0.3, -0.25) is 0 Å². The van der Waals surface area contributed by atoms with E-state index >= 15 is 0 Å². The molecule has 92 valence electrons. The van der Waals surface area contributed by atoms with Gasteiger partial charge in [0.2, 0.25) is 0 Å². The smallest absolute Gasteiger partial charge is 0.407 e. The number of rotatable bonds is 1. The van der Waals surface area contributed by atoms with Gasteiger partial charge >= 0.3 is 6.09 Å². The number of nitrogens with one attached hydrogen (secondary N) is 1. The third-order valence-corrected chi connectivity index (χ3v) is 2.91. The van der Waals surface area contributed by atoms with Crippen molar-refractivity contribution in [3.8, 4) is 0 Å². The zero-order chi connectivity index (χ0) is 12.6. The summed E-state index contributed by atoms with van der Waals surface area (Å²) in [6.45, 7) is 3.81. The van der Waals surface area contributed by atoms with Crippen molar-refractivity contribution < 1.29 is 18.3 Å². The summed E-state index contributed by atoms with van der Waals surface area (Å²) in [7, 11) is 0. The van der Waals surface area contributed by atoms with E-state index in [9.17, 15) is 13.6 Å². The van der Waals surface area contributed by atoms with Gasteiger partial charge in [0.05, 0.1) is 6.04 Å². The maximum absolute atomic E-state index is 13.7. The van der Waals surface area contributed by atoms with Crippen LogP contribution in [0.2, 0.25) is 0 Å². The van der Waals surface area contributed by atoms with Crippen LogP contribution >= 0.6 is 0 Å². The lowest BCUT2D eigenvalue weighted by Crippen LogP contribution is -2.47. The molecule has 1 aromatic rings. The highest BCUT2D eigenvalue weighted by atomic mass is 19.2. The minimum Gasteiger partial charge on any atom is -0.449 e. The number of halogens is 2. The molecule has 1 heterocycles. The summed E-state index contributed by atoms with van der Waals surface area (Å²) < 4.78 is 31.7. The lowest BCUT2D eigenvalue weighted by atomic mass is 9.80. The van der Waals surface area contributed by atoms with E-state index in [0.29, 0.717) is 0 Å². The van der Waals surface area contributed by atoms with Crippen molar-refractivity contribution in [2.75, 3.05) is 6.61 Å². The van der Waals surface area contributed by atoms with Crippen molar-refractivity contribution in [3.05, 3.63) is 35.4 Å². The summed E-state index contributed by atoms with van der Waals surface area (Å²) in [6, 6.07) is 3.34. The topological polar surface area (TPSA) is 38.3 Å². The van der Waals surface area contributed by atoms with E-state index in [1.54, 1.807) is 0 Å². The highest BCUT2D eigenvalue weighted by molar-refractivity contribution is 5.69. The maximum Gasteiger partial charge on any atom is 0.407 e. The van der Waals surface area contributed by atoms with Crippen LogP contribution in [0.4, 0.5) is 13.6 Å². The summed E-state index contributed by atoms with van der Waals surface area (Å²) in [6.07, 6.45) is -0.613. The Morgan fingerprint density at radius 2 is 2.12 bits per heavy atom. The Balaban J connectivity index is 2.43. The second kappa shape index (κ2) is 3.98. The van der Waals surface area contributed by atoms with E-state index < -0.39 is 29.2 Å². The van der Waals surface area contributed by atoms with Crippen LogP contribution in [-0.2, 0) is 4.74 Å². The highest BCUT2D eigenvalue weighted by Crippen LogP contribution is 2.37. The fraction of sp³-hybridized carbons (Fsp3) is 0.417. The largest absolute Gasteiger partial charge is 0.449 e. The summed E-state index contributed by atoms with van der Waals surface area (Å²) in [5.74, 6) is -1.84. The van der Waals surface area contributed by atoms with Crippen molar-refractivity contribution in [1.29, 1.82) is 0 Å². The van der Waals surface area contributed by atoms with E-state index in [0.717, 1.165) is 6.07 Å². The standard InChI is InChI=1S/C12H13F2NO2/c1-12(2)6-17-11(16)15-10(12)7-4-3-5-8(13)9(7)14/h3-5,10H,6H2,1-2H3,(H,15,16)/t10-/m0/s1. The normalized spacial score (nSPS) is 22.8. The molecule has 1 atom stereocenters. The Hall–Kier alpha value is -1.65. The molecule has 1 aliphatic rings. The zero-order valence-electron chi connectivity index (χ0n) is 9.59. The number of hydrogen-bond acceptors (Lipinski definition) is 2. The first-order valence-corrected chi connectivity index (χ1v) is 5.29. The van der Waals surface area contributed by atoms with Crippen LogP contribution in [0.3, 0.4) is 0 Å². The van der Waals surface area contributed by atoms with Gasteiger partial charge in [-0.1, -0.05) is 26.0 Å². The predicted molar refractivity (Wildman–Crippen MR) is 57.4 cm³/mol. The Morgan fingerprint density at radius 3 is 2.82 bits per heavy atom. The van der Waals surface area contributed by atoms with Crippen molar-refractivity contribution in [2.45, 2.75) is 19.9 Å². The molecule has 0 unspecified atom stereocenters. The second-order valence-corrected chi connectivity index (χ2v) is 4.79. The third-order valence-electron chi connectivity index (χ3n) is 2.91. The summed E-state index contributed by atoms with van der Waals surface area (Å²) >= 11 is 0. The van der Waals surface area contributed by atoms with Crippen LogP contribution < -0.4 is 5.32 Å². The van der Waals surface area contributed by atoms with Gasteiger partial charge in [0, 0.05) is 11.0 Å². The van der Waals surface area contributed by atoms with Crippen LogP contribution in [0.5, 0.6) is 0 Å². The van der Waals surface area contributed by atoms with Crippen molar-refractivity contribution >= 4 is 6.09 Å². The number of alkyl carbamates (subject to hydrolysis) is 1. The van der Waals surface area contributed by atoms with Gasteiger partial charge in [0.1, 0.15) is 6.61 Å². The quantitative estimate of drug-likeness (QED) is 0.821. The number of ether oxygens (including phenoxy) is 1. The van der Waals surface area contributed by atoms with Crippen LogP contribution in [0.15, 0.2) is 18.2 Å². The Kier molecular flexibility index (Phi) is 2.77. The number of hydrogen-bond donors (Lipinski definition) is 1. The number of benzene rings is 1. The van der Waals surface area contributed by atoms with Crippen LogP contribution in [0.1, 0.15) is 25.5 Å². The zero-order valence-corrected chi connectivity index (χ0v) is 9.59. The molecular formula is C12H13F2NO2. The third kappa shape index (κ3) is 2.09. The summed E-state index contributed by atoms with van der Waals surface area (Å²) in [4.78, 5) is 11.2. The van der Waals surface area contributed by atoms with Gasteiger partial charge in [-0.25, -0.2) is 13.6 Å². The van der Waals surface area contributed by atoms with Gasteiger partial charge < -0.3 is 10.1 Å². The van der Waals surface area contributed by atoms with Crippen molar-refractivity contribution in [3.63, 3.8) is 0 Å². The molecule has 1 fully saturated rings. The molecule has 1 amide bonds. The molecule has 0 aromatic heterocycles. The van der Waals surface area contributed by atoms with Gasteiger partial charge in [-0.05, 0) is 6.07 Å². The van der Waals surface area contributed by atoms with Gasteiger partial charge in [0.15, 0.2) is 11.6 Å². The van der Waals surface area contributed by atoms with Gasteiger partial charge in [-0.2, -0.15) is 0 Å². The van der Waals surface area contributed by atoms with Crippen LogP contribution in [0.25, 0.3) is 0 Å². The van der Waals surface area contributed by atoms with E-state index in [1.807, 2.05) is 13.8 Å². The predicted octanol–water partition coefficient (Wildman–Crippen LogP) is 2.77. The van der Waals surface area contributed by atoms with Crippen molar-refractivity contribution in [2.24, 2.45) is 5.41 Å². The van der Waals surface area contributed by atoms with E-state index in [-0.39, 0.29) is 12.2 Å². The molecule has 1 aliphatic heterocycles. The summed E-state index contributed by atoms with van der Waals surface area (Å²) in [5.41, 5.74) is -0.352. The van der Waals surface area contributed by atoms with Crippen LogP contribution in [0, 0.1) is 17.0 Å². The molecule has 17 heavy (non-hydrogen) atoms. The molecule has 3 nitrogen and oxygen atoms in total.